The molecule has 2 aliphatic heterocycles. The van der Waals surface area contributed by atoms with E-state index in [1.54, 1.807) is 0 Å². The molecule has 3 unspecified atom stereocenters. The minimum atomic E-state index is 0.451. The summed E-state index contributed by atoms with van der Waals surface area (Å²) in [6.45, 7) is 2.29. The first-order chi connectivity index (χ1) is 8.42. The zero-order chi connectivity index (χ0) is 11.2. The van der Waals surface area contributed by atoms with Crippen molar-refractivity contribution < 1.29 is 0 Å². The maximum atomic E-state index is 5.01. The Labute approximate surface area is 106 Å². The molecule has 88 valence electrons. The molecule has 0 saturated carbocycles. The van der Waals surface area contributed by atoms with E-state index < -0.39 is 0 Å². The molecule has 0 spiro atoms. The Morgan fingerprint density at radius 3 is 3.12 bits per heavy atom. The van der Waals surface area contributed by atoms with Crippen molar-refractivity contribution in [3.63, 3.8) is 0 Å². The lowest BCUT2D eigenvalue weighted by Crippen LogP contribution is -2.14. The lowest BCUT2D eigenvalue weighted by atomic mass is 10.1. The van der Waals surface area contributed by atoms with Gasteiger partial charge in [0.2, 0.25) is 0 Å². The second-order valence-corrected chi connectivity index (χ2v) is 6.42. The Bertz CT molecular complexity index is 477. The highest BCUT2D eigenvalue weighted by molar-refractivity contribution is 8.14. The van der Waals surface area contributed by atoms with Crippen LogP contribution in [0.1, 0.15) is 23.6 Å². The van der Waals surface area contributed by atoms with Crippen LogP contribution in [0.3, 0.4) is 0 Å². The van der Waals surface area contributed by atoms with E-state index in [1.807, 2.05) is 11.8 Å². The third-order valence-electron chi connectivity index (χ3n) is 4.09. The third kappa shape index (κ3) is 1.56. The Morgan fingerprint density at radius 2 is 2.24 bits per heavy atom. The quantitative estimate of drug-likeness (QED) is 0.820. The minimum Gasteiger partial charge on any atom is -0.316 e. The summed E-state index contributed by atoms with van der Waals surface area (Å²) in [5.74, 6) is 0.692. The predicted octanol–water partition coefficient (Wildman–Crippen LogP) is 2.41. The van der Waals surface area contributed by atoms with Crippen molar-refractivity contribution in [1.82, 2.24) is 5.32 Å². The van der Waals surface area contributed by atoms with Crippen molar-refractivity contribution in [1.29, 1.82) is 0 Å². The third-order valence-corrected chi connectivity index (χ3v) is 5.50. The number of hydrogen-bond acceptors (Lipinski definition) is 3. The molecule has 3 atom stereocenters. The van der Waals surface area contributed by atoms with E-state index in [1.165, 1.54) is 29.0 Å². The van der Waals surface area contributed by atoms with Crippen LogP contribution in [0, 0.1) is 5.92 Å². The smallest absolute Gasteiger partial charge is 0.0886 e. The maximum Gasteiger partial charge on any atom is 0.0886 e. The summed E-state index contributed by atoms with van der Waals surface area (Å²) >= 11 is 2.05. The summed E-state index contributed by atoms with van der Waals surface area (Å²) in [6, 6.07) is 9.28. The zero-order valence-electron chi connectivity index (χ0n) is 9.73. The topological polar surface area (TPSA) is 24.4 Å². The summed E-state index contributed by atoms with van der Waals surface area (Å²) < 4.78 is 0. The fraction of sp³-hybridized carbons (Fsp3) is 0.500. The van der Waals surface area contributed by atoms with Crippen molar-refractivity contribution in [2.24, 2.45) is 10.9 Å². The van der Waals surface area contributed by atoms with E-state index in [-0.39, 0.29) is 0 Å². The fourth-order valence-corrected chi connectivity index (χ4v) is 4.66. The lowest BCUT2D eigenvalue weighted by Gasteiger charge is -2.08. The van der Waals surface area contributed by atoms with E-state index in [4.69, 9.17) is 4.99 Å². The van der Waals surface area contributed by atoms with Gasteiger partial charge in [-0.3, -0.25) is 4.99 Å². The van der Waals surface area contributed by atoms with Crippen LogP contribution in [0.5, 0.6) is 0 Å². The Kier molecular flexibility index (Phi) is 2.30. The van der Waals surface area contributed by atoms with Crippen molar-refractivity contribution in [3.05, 3.63) is 35.4 Å². The molecule has 1 aromatic carbocycles. The molecule has 0 amide bonds. The SMILES string of the molecule is c1ccc2c(c1)CC1SC(C3CCNC3)=NC21. The van der Waals surface area contributed by atoms with Crippen LogP contribution in [0.4, 0.5) is 0 Å². The van der Waals surface area contributed by atoms with Gasteiger partial charge in [-0.1, -0.05) is 24.3 Å². The second-order valence-electron chi connectivity index (χ2n) is 5.16. The number of fused-ring (bicyclic) bond motifs is 3. The highest BCUT2D eigenvalue weighted by atomic mass is 32.2. The predicted molar refractivity (Wildman–Crippen MR) is 72.7 cm³/mol. The Hall–Kier alpha value is -0.800. The number of benzene rings is 1. The molecule has 1 aliphatic carbocycles. The molecular weight excluding hydrogens is 228 g/mol. The molecule has 1 N–H and O–H groups in total. The number of nitrogens with zero attached hydrogens (tertiary/aromatic N) is 1. The normalized spacial score (nSPS) is 34.6. The number of rotatable bonds is 1. The van der Waals surface area contributed by atoms with Crippen LogP contribution < -0.4 is 5.32 Å². The number of hydrogen-bond donors (Lipinski definition) is 1. The largest absolute Gasteiger partial charge is 0.316 e. The number of aliphatic imine (C=N–C) groups is 1. The van der Waals surface area contributed by atoms with Crippen molar-refractivity contribution in [2.45, 2.75) is 24.1 Å². The first-order valence-corrected chi connectivity index (χ1v) is 7.32. The summed E-state index contributed by atoms with van der Waals surface area (Å²) in [5.41, 5.74) is 2.99. The molecule has 0 bridgehead atoms. The molecule has 1 fully saturated rings. The first kappa shape index (κ1) is 10.2. The highest BCUT2D eigenvalue weighted by Crippen LogP contribution is 2.47. The van der Waals surface area contributed by atoms with E-state index in [0.29, 0.717) is 17.2 Å². The van der Waals surface area contributed by atoms with Gasteiger partial charge in [-0.05, 0) is 30.5 Å². The Morgan fingerprint density at radius 1 is 1.29 bits per heavy atom. The molecular formula is C14H16N2S. The van der Waals surface area contributed by atoms with E-state index in [9.17, 15) is 0 Å². The van der Waals surface area contributed by atoms with E-state index in [0.717, 1.165) is 13.1 Å². The average molecular weight is 244 g/mol. The molecule has 2 nitrogen and oxygen atoms in total. The zero-order valence-corrected chi connectivity index (χ0v) is 10.5. The van der Waals surface area contributed by atoms with Crippen LogP contribution in [-0.2, 0) is 6.42 Å². The summed E-state index contributed by atoms with van der Waals surface area (Å²) in [6.07, 6.45) is 2.48. The minimum absolute atomic E-state index is 0.451. The molecule has 0 aromatic heterocycles. The van der Waals surface area contributed by atoms with Gasteiger partial charge in [0, 0.05) is 17.7 Å². The molecule has 17 heavy (non-hydrogen) atoms. The lowest BCUT2D eigenvalue weighted by molar-refractivity contribution is 0.732. The number of nitrogens with one attached hydrogen (secondary N) is 1. The standard InChI is InChI=1S/C14H16N2S/c1-2-4-11-9(3-1)7-12-13(11)16-14(17-12)10-5-6-15-8-10/h1-4,10,12-13,15H,5-8H2. The molecule has 1 saturated heterocycles. The summed E-state index contributed by atoms with van der Waals surface area (Å²) in [7, 11) is 0. The van der Waals surface area contributed by atoms with Crippen LogP contribution in [0.15, 0.2) is 29.3 Å². The van der Waals surface area contributed by atoms with Crippen LogP contribution in [0.25, 0.3) is 0 Å². The molecule has 2 heterocycles. The van der Waals surface area contributed by atoms with Gasteiger partial charge < -0.3 is 5.32 Å². The van der Waals surface area contributed by atoms with Gasteiger partial charge in [0.05, 0.1) is 11.1 Å². The van der Waals surface area contributed by atoms with Gasteiger partial charge in [0.1, 0.15) is 0 Å². The number of thioether (sulfide) groups is 1. The van der Waals surface area contributed by atoms with Crippen LogP contribution >= 0.6 is 11.8 Å². The van der Waals surface area contributed by atoms with Gasteiger partial charge in [-0.15, -0.1) is 11.8 Å². The maximum absolute atomic E-state index is 5.01. The van der Waals surface area contributed by atoms with Gasteiger partial charge in [-0.2, -0.15) is 0 Å². The molecule has 3 aliphatic rings. The first-order valence-electron chi connectivity index (χ1n) is 6.45. The monoisotopic (exact) mass is 244 g/mol. The van der Waals surface area contributed by atoms with Crippen LogP contribution in [0.2, 0.25) is 0 Å². The van der Waals surface area contributed by atoms with Crippen LogP contribution in [-0.4, -0.2) is 23.4 Å². The van der Waals surface area contributed by atoms with Crippen molar-refractivity contribution >= 4 is 16.8 Å². The molecule has 3 heteroatoms. The molecule has 0 radical (unpaired) electrons. The summed E-state index contributed by atoms with van der Waals surface area (Å²) in [4.78, 5) is 5.01. The van der Waals surface area contributed by atoms with Crippen molar-refractivity contribution in [3.8, 4) is 0 Å². The summed E-state index contributed by atoms with van der Waals surface area (Å²) in [5, 5.41) is 5.54. The molecule has 1 aromatic rings. The molecule has 4 rings (SSSR count). The van der Waals surface area contributed by atoms with Crippen molar-refractivity contribution in [2.75, 3.05) is 13.1 Å². The highest BCUT2D eigenvalue weighted by Gasteiger charge is 2.40. The second kappa shape index (κ2) is 3.85. The Balaban J connectivity index is 1.65. The van der Waals surface area contributed by atoms with E-state index >= 15 is 0 Å². The van der Waals surface area contributed by atoms with Gasteiger partial charge in [0.25, 0.3) is 0 Å². The fourth-order valence-electron chi connectivity index (χ4n) is 3.19. The van der Waals surface area contributed by atoms with Gasteiger partial charge in [0.15, 0.2) is 0 Å². The van der Waals surface area contributed by atoms with Gasteiger partial charge in [-0.25, -0.2) is 0 Å². The average Bonchev–Trinajstić information content (AvgIpc) is 3.03. The van der Waals surface area contributed by atoms with E-state index in [2.05, 4.69) is 29.6 Å². The van der Waals surface area contributed by atoms with Gasteiger partial charge >= 0.3 is 0 Å².